The van der Waals surface area contributed by atoms with E-state index in [-0.39, 0.29) is 29.7 Å². The fourth-order valence-corrected chi connectivity index (χ4v) is 1.50. The van der Waals surface area contributed by atoms with Crippen LogP contribution in [0.15, 0.2) is 24.3 Å². The Hall–Kier alpha value is -2.44. The number of carbonyl (C=O) groups is 2. The van der Waals surface area contributed by atoms with Gasteiger partial charge in [-0.25, -0.2) is 0 Å². The van der Waals surface area contributed by atoms with Crippen molar-refractivity contribution in [3.05, 3.63) is 39.9 Å². The number of benzene rings is 1. The minimum absolute atomic E-state index is 0.0805. The second-order valence-electron chi connectivity index (χ2n) is 4.33. The Balaban J connectivity index is 1.84. The molecule has 0 aromatic heterocycles. The maximum atomic E-state index is 11.7. The van der Waals surface area contributed by atoms with Crippen molar-refractivity contribution in [2.75, 3.05) is 6.54 Å². The van der Waals surface area contributed by atoms with E-state index in [0.717, 1.165) is 12.8 Å². The van der Waals surface area contributed by atoms with E-state index in [1.165, 1.54) is 24.3 Å². The lowest BCUT2D eigenvalue weighted by Gasteiger charge is -2.05. The molecule has 1 aliphatic rings. The van der Waals surface area contributed by atoms with Gasteiger partial charge in [-0.15, -0.1) is 0 Å². The molecule has 2 N–H and O–H groups in total. The molecule has 1 saturated carbocycles. The first-order valence-corrected chi connectivity index (χ1v) is 5.88. The molecule has 0 spiro atoms. The van der Waals surface area contributed by atoms with E-state index >= 15 is 0 Å². The largest absolute Gasteiger partial charge is 0.352 e. The van der Waals surface area contributed by atoms with Gasteiger partial charge in [-0.1, -0.05) is 0 Å². The van der Waals surface area contributed by atoms with Crippen LogP contribution >= 0.6 is 0 Å². The van der Waals surface area contributed by atoms with Gasteiger partial charge in [0.05, 0.1) is 11.5 Å². The van der Waals surface area contributed by atoms with Crippen LogP contribution in [-0.4, -0.2) is 29.3 Å². The second kappa shape index (κ2) is 5.47. The predicted octanol–water partition coefficient (Wildman–Crippen LogP) is 0.603. The second-order valence-corrected chi connectivity index (χ2v) is 4.33. The third-order valence-electron chi connectivity index (χ3n) is 2.69. The fourth-order valence-electron chi connectivity index (χ4n) is 1.50. The third kappa shape index (κ3) is 3.77. The van der Waals surface area contributed by atoms with Gasteiger partial charge in [0.1, 0.15) is 0 Å². The summed E-state index contributed by atoms with van der Waals surface area (Å²) < 4.78 is 0. The molecule has 1 aromatic rings. The lowest BCUT2D eigenvalue weighted by atomic mass is 10.2. The molecule has 7 heteroatoms. The predicted molar refractivity (Wildman–Crippen MR) is 66.6 cm³/mol. The van der Waals surface area contributed by atoms with Crippen molar-refractivity contribution in [1.82, 2.24) is 10.6 Å². The molecule has 0 unspecified atom stereocenters. The Kier molecular flexibility index (Phi) is 3.74. The number of nitro benzene ring substituents is 1. The first-order chi connectivity index (χ1) is 9.06. The molecule has 0 atom stereocenters. The molecule has 0 radical (unpaired) electrons. The van der Waals surface area contributed by atoms with E-state index in [2.05, 4.69) is 10.6 Å². The van der Waals surface area contributed by atoms with Gasteiger partial charge < -0.3 is 10.6 Å². The van der Waals surface area contributed by atoms with Gasteiger partial charge in [-0.2, -0.15) is 0 Å². The summed E-state index contributed by atoms with van der Waals surface area (Å²) in [4.78, 5) is 32.9. The van der Waals surface area contributed by atoms with Gasteiger partial charge in [-0.05, 0) is 25.0 Å². The number of amides is 2. The van der Waals surface area contributed by atoms with Crippen molar-refractivity contribution in [2.24, 2.45) is 0 Å². The Morgan fingerprint density at radius 2 is 1.89 bits per heavy atom. The van der Waals surface area contributed by atoms with Crippen LogP contribution in [0.5, 0.6) is 0 Å². The molecular weight excluding hydrogens is 250 g/mol. The highest BCUT2D eigenvalue weighted by molar-refractivity contribution is 5.96. The Morgan fingerprint density at radius 1 is 1.26 bits per heavy atom. The topological polar surface area (TPSA) is 101 Å². The third-order valence-corrected chi connectivity index (χ3v) is 2.69. The van der Waals surface area contributed by atoms with E-state index in [1.54, 1.807) is 0 Å². The molecule has 2 amide bonds. The molecular formula is C12H13N3O4. The quantitative estimate of drug-likeness (QED) is 0.600. The van der Waals surface area contributed by atoms with E-state index in [1.807, 2.05) is 0 Å². The number of rotatable bonds is 5. The molecule has 100 valence electrons. The number of hydrogen-bond acceptors (Lipinski definition) is 4. The minimum Gasteiger partial charge on any atom is -0.352 e. The first kappa shape index (κ1) is 13.0. The average molecular weight is 263 g/mol. The van der Waals surface area contributed by atoms with Gasteiger partial charge in [0, 0.05) is 23.7 Å². The first-order valence-electron chi connectivity index (χ1n) is 5.88. The Morgan fingerprint density at radius 3 is 2.42 bits per heavy atom. The molecule has 0 bridgehead atoms. The normalized spacial score (nSPS) is 13.7. The number of carbonyl (C=O) groups excluding carboxylic acids is 2. The molecule has 1 aromatic carbocycles. The van der Waals surface area contributed by atoms with Crippen molar-refractivity contribution >= 4 is 17.5 Å². The maximum Gasteiger partial charge on any atom is 0.269 e. The highest BCUT2D eigenvalue weighted by Crippen LogP contribution is 2.18. The standard InChI is InChI=1S/C12H13N3O4/c16-11(14-9-3-4-9)7-13-12(17)8-1-5-10(6-2-8)15(18)19/h1-2,5-6,9H,3-4,7H2,(H,13,17)(H,14,16). The van der Waals surface area contributed by atoms with Crippen LogP contribution in [0.1, 0.15) is 23.2 Å². The number of non-ortho nitro benzene ring substituents is 1. The van der Waals surface area contributed by atoms with Crippen LogP contribution in [0.2, 0.25) is 0 Å². The summed E-state index contributed by atoms with van der Waals surface area (Å²) in [6.45, 7) is -0.0910. The van der Waals surface area contributed by atoms with Crippen LogP contribution in [0, 0.1) is 10.1 Å². The van der Waals surface area contributed by atoms with Crippen LogP contribution < -0.4 is 10.6 Å². The highest BCUT2D eigenvalue weighted by Gasteiger charge is 2.23. The van der Waals surface area contributed by atoms with Crippen molar-refractivity contribution in [2.45, 2.75) is 18.9 Å². The SMILES string of the molecule is O=C(CNC(=O)c1ccc([N+](=O)[O-])cc1)NC1CC1. The molecule has 0 aliphatic heterocycles. The van der Waals surface area contributed by atoms with Crippen LogP contribution in [0.4, 0.5) is 5.69 Å². The van der Waals surface area contributed by atoms with Crippen LogP contribution in [-0.2, 0) is 4.79 Å². The molecule has 1 aliphatic carbocycles. The van der Waals surface area contributed by atoms with Gasteiger partial charge in [-0.3, -0.25) is 19.7 Å². The lowest BCUT2D eigenvalue weighted by molar-refractivity contribution is -0.384. The molecule has 2 rings (SSSR count). The fraction of sp³-hybridized carbons (Fsp3) is 0.333. The summed E-state index contributed by atoms with van der Waals surface area (Å²) in [7, 11) is 0. The average Bonchev–Trinajstić information content (AvgIpc) is 3.20. The molecule has 19 heavy (non-hydrogen) atoms. The number of nitro groups is 1. The minimum atomic E-state index is -0.537. The summed E-state index contributed by atoms with van der Waals surface area (Å²) in [5.74, 6) is -0.654. The van der Waals surface area contributed by atoms with Crippen LogP contribution in [0.3, 0.4) is 0 Å². The van der Waals surface area contributed by atoms with Crippen molar-refractivity contribution < 1.29 is 14.5 Å². The maximum absolute atomic E-state index is 11.7. The van der Waals surface area contributed by atoms with Gasteiger partial charge in [0.15, 0.2) is 0 Å². The summed E-state index contributed by atoms with van der Waals surface area (Å²) in [6.07, 6.45) is 1.98. The van der Waals surface area contributed by atoms with E-state index < -0.39 is 10.8 Å². The number of nitrogens with one attached hydrogen (secondary N) is 2. The molecule has 0 heterocycles. The zero-order chi connectivity index (χ0) is 13.8. The number of nitrogens with zero attached hydrogens (tertiary/aromatic N) is 1. The zero-order valence-electron chi connectivity index (χ0n) is 10.1. The summed E-state index contributed by atoms with van der Waals surface area (Å²) >= 11 is 0. The highest BCUT2D eigenvalue weighted by atomic mass is 16.6. The zero-order valence-corrected chi connectivity index (χ0v) is 10.1. The summed E-state index contributed by atoms with van der Waals surface area (Å²) in [6, 6.07) is 5.46. The lowest BCUT2D eigenvalue weighted by Crippen LogP contribution is -2.37. The molecule has 0 saturated heterocycles. The Labute approximate surface area is 109 Å². The van der Waals surface area contributed by atoms with E-state index in [0.29, 0.717) is 0 Å². The van der Waals surface area contributed by atoms with Crippen molar-refractivity contribution in [3.63, 3.8) is 0 Å². The smallest absolute Gasteiger partial charge is 0.269 e. The van der Waals surface area contributed by atoms with Crippen molar-refractivity contribution in [1.29, 1.82) is 0 Å². The van der Waals surface area contributed by atoms with Gasteiger partial charge in [0.2, 0.25) is 5.91 Å². The van der Waals surface area contributed by atoms with E-state index in [4.69, 9.17) is 0 Å². The van der Waals surface area contributed by atoms with Crippen molar-refractivity contribution in [3.8, 4) is 0 Å². The number of hydrogen-bond donors (Lipinski definition) is 2. The van der Waals surface area contributed by atoms with Gasteiger partial charge >= 0.3 is 0 Å². The summed E-state index contributed by atoms with van der Waals surface area (Å²) in [5.41, 5.74) is 0.202. The molecule has 7 nitrogen and oxygen atoms in total. The monoisotopic (exact) mass is 263 g/mol. The van der Waals surface area contributed by atoms with Crippen LogP contribution in [0.25, 0.3) is 0 Å². The molecule has 1 fully saturated rings. The van der Waals surface area contributed by atoms with E-state index in [9.17, 15) is 19.7 Å². The Bertz CT molecular complexity index is 508. The summed E-state index contributed by atoms with van der Waals surface area (Å²) in [5, 5.41) is 15.7. The van der Waals surface area contributed by atoms with Gasteiger partial charge in [0.25, 0.3) is 11.6 Å².